The average Bonchev–Trinajstić information content (AvgIpc) is 3.12. The van der Waals surface area contributed by atoms with Crippen molar-refractivity contribution >= 4 is 21.9 Å². The van der Waals surface area contributed by atoms with Crippen LogP contribution in [0.25, 0.3) is 21.9 Å². The number of rotatable bonds is 3. The molecular weight excluding hydrogens is 419 g/mol. The van der Waals surface area contributed by atoms with Gasteiger partial charge in [-0.1, -0.05) is 11.6 Å². The molecule has 0 saturated carbocycles. The molecule has 0 spiro atoms. The smallest absolute Gasteiger partial charge is 0.378 e. The van der Waals surface area contributed by atoms with Crippen molar-refractivity contribution in [1.29, 1.82) is 0 Å². The van der Waals surface area contributed by atoms with Gasteiger partial charge in [0.2, 0.25) is 0 Å². The van der Waals surface area contributed by atoms with E-state index in [-0.39, 0.29) is 18.6 Å². The molecule has 1 unspecified atom stereocenters. The first-order chi connectivity index (χ1) is 15.3. The third-order valence-electron chi connectivity index (χ3n) is 5.90. The molecule has 4 aromatic rings. The van der Waals surface area contributed by atoms with Gasteiger partial charge < -0.3 is 9.30 Å². The lowest BCUT2D eigenvalue weighted by Gasteiger charge is -2.30. The third-order valence-corrected chi connectivity index (χ3v) is 5.90. The lowest BCUT2D eigenvalue weighted by atomic mass is 10.0. The quantitative estimate of drug-likeness (QED) is 0.446. The van der Waals surface area contributed by atoms with Crippen LogP contribution in [-0.2, 0) is 17.3 Å². The lowest BCUT2D eigenvalue weighted by Crippen LogP contribution is -2.26. The van der Waals surface area contributed by atoms with Gasteiger partial charge in [0.05, 0.1) is 35.2 Å². The number of aromatic nitrogens is 5. The van der Waals surface area contributed by atoms with Gasteiger partial charge in [-0.3, -0.25) is 9.97 Å². The number of hydrogen-bond donors (Lipinski definition) is 0. The Hall–Kier alpha value is -3.07. The Labute approximate surface area is 182 Å². The molecule has 6 nitrogen and oxygen atoms in total. The van der Waals surface area contributed by atoms with Gasteiger partial charge >= 0.3 is 6.18 Å². The third kappa shape index (κ3) is 3.81. The fourth-order valence-electron chi connectivity index (χ4n) is 4.42. The minimum atomic E-state index is -4.51. The molecule has 1 aromatic carbocycles. The van der Waals surface area contributed by atoms with Gasteiger partial charge in [-0.2, -0.15) is 13.2 Å². The lowest BCUT2D eigenvalue weighted by molar-refractivity contribution is -0.141. The van der Waals surface area contributed by atoms with Crippen molar-refractivity contribution in [2.45, 2.75) is 51.4 Å². The molecule has 2 atom stereocenters. The van der Waals surface area contributed by atoms with Gasteiger partial charge in [0.1, 0.15) is 11.3 Å². The van der Waals surface area contributed by atoms with Crippen LogP contribution in [0.2, 0.25) is 0 Å². The molecule has 1 fully saturated rings. The number of benzene rings is 1. The Kier molecular flexibility index (Phi) is 5.08. The molecule has 0 aliphatic carbocycles. The van der Waals surface area contributed by atoms with E-state index < -0.39 is 11.9 Å². The molecule has 0 bridgehead atoms. The standard InChI is InChI=1S/C23H22F3N5O/c1-13-3-4-18-17(7-13)22-19(11-28-18)30-21(31(22)16-5-6-32-14(2)8-16)9-15-10-29-20(12-27-15)23(24,25)26/h3-4,7,10-12,14,16H,5-6,8-9H2,1-2H3/t14-,16?/m1/s1. The van der Waals surface area contributed by atoms with Crippen LogP contribution in [0.5, 0.6) is 0 Å². The van der Waals surface area contributed by atoms with Crippen LogP contribution >= 0.6 is 0 Å². The van der Waals surface area contributed by atoms with Gasteiger partial charge in [0.25, 0.3) is 0 Å². The largest absolute Gasteiger partial charge is 0.434 e. The molecule has 0 N–H and O–H groups in total. The fourth-order valence-corrected chi connectivity index (χ4v) is 4.42. The van der Waals surface area contributed by atoms with Crippen molar-refractivity contribution in [3.8, 4) is 0 Å². The summed E-state index contributed by atoms with van der Waals surface area (Å²) < 4.78 is 46.6. The zero-order valence-corrected chi connectivity index (χ0v) is 17.7. The zero-order valence-electron chi connectivity index (χ0n) is 17.7. The second-order valence-corrected chi connectivity index (χ2v) is 8.34. The second kappa shape index (κ2) is 7.81. The first kappa shape index (κ1) is 20.8. The van der Waals surface area contributed by atoms with Gasteiger partial charge in [0, 0.05) is 30.7 Å². The van der Waals surface area contributed by atoms with Gasteiger partial charge in [-0.05, 0) is 38.8 Å². The number of pyridine rings is 1. The van der Waals surface area contributed by atoms with E-state index in [1.54, 1.807) is 6.20 Å². The maximum atomic E-state index is 12.9. The Bertz CT molecular complexity index is 1280. The summed E-state index contributed by atoms with van der Waals surface area (Å²) in [5.74, 6) is 0.740. The van der Waals surface area contributed by atoms with Gasteiger partial charge in [-0.25, -0.2) is 9.97 Å². The van der Waals surface area contributed by atoms with Crippen molar-refractivity contribution < 1.29 is 17.9 Å². The normalized spacial score (nSPS) is 19.7. The van der Waals surface area contributed by atoms with Crippen LogP contribution in [0.3, 0.4) is 0 Å². The van der Waals surface area contributed by atoms with E-state index >= 15 is 0 Å². The number of ether oxygens (including phenoxy) is 1. The van der Waals surface area contributed by atoms with Crippen LogP contribution in [0.4, 0.5) is 13.2 Å². The van der Waals surface area contributed by atoms with Gasteiger partial charge in [0.15, 0.2) is 5.69 Å². The molecule has 1 aliphatic heterocycles. The molecule has 166 valence electrons. The van der Waals surface area contributed by atoms with E-state index in [9.17, 15) is 13.2 Å². The molecule has 0 radical (unpaired) electrons. The minimum Gasteiger partial charge on any atom is -0.378 e. The molecule has 32 heavy (non-hydrogen) atoms. The Morgan fingerprint density at radius 3 is 2.66 bits per heavy atom. The van der Waals surface area contributed by atoms with Crippen molar-refractivity contribution in [3.63, 3.8) is 0 Å². The Morgan fingerprint density at radius 1 is 1.09 bits per heavy atom. The first-order valence-electron chi connectivity index (χ1n) is 10.6. The maximum absolute atomic E-state index is 12.9. The summed E-state index contributed by atoms with van der Waals surface area (Å²) in [5, 5.41) is 1.01. The predicted molar refractivity (Wildman–Crippen MR) is 113 cm³/mol. The van der Waals surface area contributed by atoms with Crippen molar-refractivity contribution in [3.05, 3.63) is 59.6 Å². The Balaban J connectivity index is 1.65. The number of imidazole rings is 1. The van der Waals surface area contributed by atoms with E-state index in [1.165, 1.54) is 6.20 Å². The van der Waals surface area contributed by atoms with E-state index in [0.717, 1.165) is 52.4 Å². The molecular formula is C23H22F3N5O. The van der Waals surface area contributed by atoms with Crippen LogP contribution in [0.1, 0.15) is 48.6 Å². The van der Waals surface area contributed by atoms with Gasteiger partial charge in [-0.15, -0.1) is 0 Å². The van der Waals surface area contributed by atoms with E-state index in [2.05, 4.69) is 32.5 Å². The number of alkyl halides is 3. The number of halogens is 3. The number of nitrogens with zero attached hydrogens (tertiary/aromatic N) is 5. The summed E-state index contributed by atoms with van der Waals surface area (Å²) >= 11 is 0. The van der Waals surface area contributed by atoms with Crippen LogP contribution in [-0.4, -0.2) is 37.2 Å². The number of hydrogen-bond acceptors (Lipinski definition) is 5. The highest BCUT2D eigenvalue weighted by atomic mass is 19.4. The summed E-state index contributed by atoms with van der Waals surface area (Å²) in [6.45, 7) is 4.73. The second-order valence-electron chi connectivity index (χ2n) is 8.34. The van der Waals surface area contributed by atoms with E-state index in [0.29, 0.717) is 12.3 Å². The minimum absolute atomic E-state index is 0.111. The SMILES string of the molecule is Cc1ccc2ncc3nc(Cc4cnc(C(F)(F)F)cn4)n(C4CCO[C@H](C)C4)c3c2c1. The average molecular weight is 441 g/mol. The highest BCUT2D eigenvalue weighted by Gasteiger charge is 2.33. The molecule has 4 heterocycles. The molecule has 9 heteroatoms. The molecule has 0 amide bonds. The van der Waals surface area contributed by atoms with E-state index in [4.69, 9.17) is 9.72 Å². The summed E-state index contributed by atoms with van der Waals surface area (Å²) in [6.07, 6.45) is 1.24. The van der Waals surface area contributed by atoms with Crippen LogP contribution in [0, 0.1) is 6.92 Å². The zero-order chi connectivity index (χ0) is 22.5. The van der Waals surface area contributed by atoms with Crippen LogP contribution < -0.4 is 0 Å². The molecule has 1 aliphatic rings. The highest BCUT2D eigenvalue weighted by molar-refractivity contribution is 6.02. The first-order valence-corrected chi connectivity index (χ1v) is 10.6. The summed E-state index contributed by atoms with van der Waals surface area (Å²) in [6, 6.07) is 6.28. The Morgan fingerprint density at radius 2 is 1.94 bits per heavy atom. The molecule has 3 aromatic heterocycles. The van der Waals surface area contributed by atoms with Crippen molar-refractivity contribution in [2.24, 2.45) is 0 Å². The van der Waals surface area contributed by atoms with Crippen LogP contribution in [0.15, 0.2) is 36.8 Å². The molecule has 1 saturated heterocycles. The number of fused-ring (bicyclic) bond motifs is 3. The number of aryl methyl sites for hydroxylation is 1. The maximum Gasteiger partial charge on any atom is 0.434 e. The topological polar surface area (TPSA) is 65.7 Å². The fraction of sp³-hybridized carbons (Fsp3) is 0.391. The molecule has 5 rings (SSSR count). The van der Waals surface area contributed by atoms with E-state index in [1.807, 2.05) is 19.1 Å². The monoisotopic (exact) mass is 441 g/mol. The summed E-state index contributed by atoms with van der Waals surface area (Å²) in [4.78, 5) is 17.0. The summed E-state index contributed by atoms with van der Waals surface area (Å²) in [5.41, 5.74) is 3.19. The van der Waals surface area contributed by atoms with Crippen molar-refractivity contribution in [1.82, 2.24) is 24.5 Å². The highest BCUT2D eigenvalue weighted by Crippen LogP contribution is 2.34. The summed E-state index contributed by atoms with van der Waals surface area (Å²) in [7, 11) is 0. The predicted octanol–water partition coefficient (Wildman–Crippen LogP) is 5.03. The van der Waals surface area contributed by atoms with Crippen molar-refractivity contribution in [2.75, 3.05) is 6.61 Å².